The maximum absolute atomic E-state index is 13.2. The quantitative estimate of drug-likeness (QED) is 0.576. The molecule has 1 fully saturated rings. The first kappa shape index (κ1) is 19.7. The van der Waals surface area contributed by atoms with E-state index in [1.165, 1.54) is 29.2 Å². The number of para-hydroxylation sites is 1. The number of benzene rings is 3. The number of sulfonamides is 1. The Labute approximate surface area is 178 Å². The van der Waals surface area contributed by atoms with Crippen LogP contribution in [0, 0.1) is 0 Å². The summed E-state index contributed by atoms with van der Waals surface area (Å²) in [5.74, 6) is -0.238. The highest BCUT2D eigenvalue weighted by Gasteiger charge is 2.41. The number of thioether (sulfide) groups is 1. The summed E-state index contributed by atoms with van der Waals surface area (Å²) in [6, 6.07) is 23.9. The van der Waals surface area contributed by atoms with Gasteiger partial charge in [0.1, 0.15) is 5.25 Å². The summed E-state index contributed by atoms with van der Waals surface area (Å²) in [5.41, 5.74) is 1.35. The Hall–Kier alpha value is -2.61. The fraction of sp³-hybridized carbons (Fsp3) is 0.0476. The Balaban J connectivity index is 1.79. The molecule has 4 rings (SSSR count). The van der Waals surface area contributed by atoms with Gasteiger partial charge in [-0.15, -0.1) is 4.40 Å². The topological polar surface area (TPSA) is 66.8 Å². The average molecular weight is 443 g/mol. The van der Waals surface area contributed by atoms with Crippen LogP contribution in [-0.2, 0) is 14.8 Å². The Kier molecular flexibility index (Phi) is 5.45. The second-order valence-corrected chi connectivity index (χ2v) is 9.33. The molecule has 1 atom stereocenters. The average Bonchev–Trinajstić information content (AvgIpc) is 3.05. The predicted molar refractivity (Wildman–Crippen MR) is 117 cm³/mol. The Morgan fingerprint density at radius 2 is 1.45 bits per heavy atom. The van der Waals surface area contributed by atoms with Crippen molar-refractivity contribution < 1.29 is 13.2 Å². The third kappa shape index (κ3) is 4.07. The van der Waals surface area contributed by atoms with Crippen LogP contribution in [-0.4, -0.2) is 19.5 Å². The summed E-state index contributed by atoms with van der Waals surface area (Å²) in [7, 11) is -4.02. The van der Waals surface area contributed by atoms with Gasteiger partial charge in [-0.25, -0.2) is 0 Å². The van der Waals surface area contributed by atoms with Crippen molar-refractivity contribution in [2.75, 3.05) is 4.90 Å². The van der Waals surface area contributed by atoms with Crippen LogP contribution in [0.15, 0.2) is 94.2 Å². The van der Waals surface area contributed by atoms with Crippen molar-refractivity contribution >= 4 is 50.1 Å². The molecule has 0 spiro atoms. The molecule has 1 saturated heterocycles. The molecule has 3 aromatic carbocycles. The van der Waals surface area contributed by atoms with E-state index in [4.69, 9.17) is 11.6 Å². The van der Waals surface area contributed by atoms with Crippen molar-refractivity contribution in [1.82, 2.24) is 0 Å². The van der Waals surface area contributed by atoms with Gasteiger partial charge in [-0.05, 0) is 42.0 Å². The van der Waals surface area contributed by atoms with Gasteiger partial charge in [0.05, 0.1) is 10.6 Å². The first-order valence-electron chi connectivity index (χ1n) is 8.67. The molecule has 1 unspecified atom stereocenters. The molecule has 0 bridgehead atoms. The van der Waals surface area contributed by atoms with Crippen LogP contribution >= 0.6 is 23.4 Å². The van der Waals surface area contributed by atoms with E-state index in [9.17, 15) is 13.2 Å². The second kappa shape index (κ2) is 8.02. The highest BCUT2D eigenvalue weighted by atomic mass is 35.5. The standard InChI is InChI=1S/C21H15ClN2O3S2/c22-16-11-13-18(14-12-16)29(26,27)23-21-24(17-9-5-2-6-10-17)20(25)19(28-21)15-7-3-1-4-8-15/h1-14,19H/b23-21-. The fourth-order valence-corrected chi connectivity index (χ4v) is 5.37. The minimum absolute atomic E-state index is 0.0126. The number of anilines is 1. The lowest BCUT2D eigenvalue weighted by molar-refractivity contribution is -0.117. The molecule has 1 amide bonds. The monoisotopic (exact) mass is 442 g/mol. The van der Waals surface area contributed by atoms with Gasteiger partial charge in [-0.3, -0.25) is 9.69 Å². The number of nitrogens with zero attached hydrogens (tertiary/aromatic N) is 2. The van der Waals surface area contributed by atoms with Crippen LogP contribution in [0.4, 0.5) is 5.69 Å². The maximum atomic E-state index is 13.2. The summed E-state index contributed by atoms with van der Waals surface area (Å²) in [4.78, 5) is 14.6. The maximum Gasteiger partial charge on any atom is 0.284 e. The highest BCUT2D eigenvalue weighted by molar-refractivity contribution is 8.16. The van der Waals surface area contributed by atoms with E-state index in [2.05, 4.69) is 4.40 Å². The van der Waals surface area contributed by atoms with E-state index in [0.29, 0.717) is 10.7 Å². The van der Waals surface area contributed by atoms with Gasteiger partial charge in [0.25, 0.3) is 15.9 Å². The first-order chi connectivity index (χ1) is 14.0. The lowest BCUT2D eigenvalue weighted by Gasteiger charge is -2.16. The number of halogens is 1. The molecule has 1 aliphatic heterocycles. The van der Waals surface area contributed by atoms with E-state index in [-0.39, 0.29) is 16.0 Å². The molecule has 146 valence electrons. The Bertz CT molecular complexity index is 1170. The SMILES string of the molecule is O=C1C(c2ccccc2)S/C(=N\S(=O)(=O)c2ccc(Cl)cc2)N1c1ccccc1. The minimum Gasteiger partial charge on any atom is -0.272 e. The van der Waals surface area contributed by atoms with Gasteiger partial charge in [0, 0.05) is 5.02 Å². The van der Waals surface area contributed by atoms with E-state index in [1.54, 1.807) is 24.3 Å². The molecule has 1 aliphatic rings. The highest BCUT2D eigenvalue weighted by Crippen LogP contribution is 2.42. The van der Waals surface area contributed by atoms with E-state index in [1.807, 2.05) is 36.4 Å². The first-order valence-corrected chi connectivity index (χ1v) is 11.4. The summed E-state index contributed by atoms with van der Waals surface area (Å²) in [6.07, 6.45) is 0. The van der Waals surface area contributed by atoms with Gasteiger partial charge < -0.3 is 0 Å². The normalized spacial score (nSPS) is 18.4. The Morgan fingerprint density at radius 1 is 0.862 bits per heavy atom. The van der Waals surface area contributed by atoms with Crippen LogP contribution < -0.4 is 4.90 Å². The second-order valence-electron chi connectivity index (χ2n) is 6.22. The van der Waals surface area contributed by atoms with Crippen molar-refractivity contribution in [3.63, 3.8) is 0 Å². The lowest BCUT2D eigenvalue weighted by atomic mass is 10.1. The van der Waals surface area contributed by atoms with E-state index in [0.717, 1.165) is 17.3 Å². The number of hydrogen-bond acceptors (Lipinski definition) is 4. The van der Waals surface area contributed by atoms with Crippen molar-refractivity contribution in [1.29, 1.82) is 0 Å². The fourth-order valence-electron chi connectivity index (χ4n) is 2.90. The molecule has 0 radical (unpaired) electrons. The summed E-state index contributed by atoms with van der Waals surface area (Å²) >= 11 is 6.97. The smallest absolute Gasteiger partial charge is 0.272 e. The summed E-state index contributed by atoms with van der Waals surface area (Å²) in [5, 5.41) is -0.0300. The largest absolute Gasteiger partial charge is 0.284 e. The van der Waals surface area contributed by atoms with Crippen LogP contribution in [0.3, 0.4) is 0 Å². The van der Waals surface area contributed by atoms with Crippen LogP contribution in [0.2, 0.25) is 5.02 Å². The van der Waals surface area contributed by atoms with Gasteiger partial charge >= 0.3 is 0 Å². The molecule has 0 aromatic heterocycles. The van der Waals surface area contributed by atoms with Gasteiger partial charge in [-0.1, -0.05) is 71.9 Å². The van der Waals surface area contributed by atoms with Crippen molar-refractivity contribution in [3.8, 4) is 0 Å². The zero-order chi connectivity index (χ0) is 20.4. The molecule has 0 saturated carbocycles. The molecule has 3 aromatic rings. The zero-order valence-electron chi connectivity index (χ0n) is 15.0. The van der Waals surface area contributed by atoms with Crippen molar-refractivity contribution in [2.24, 2.45) is 4.40 Å². The molecule has 5 nitrogen and oxygen atoms in total. The lowest BCUT2D eigenvalue weighted by Crippen LogP contribution is -2.30. The molecular formula is C21H15ClN2O3S2. The minimum atomic E-state index is -4.02. The number of carbonyl (C=O) groups excluding carboxylic acids is 1. The number of amidine groups is 1. The number of amides is 1. The summed E-state index contributed by atoms with van der Waals surface area (Å²) in [6.45, 7) is 0. The number of rotatable bonds is 4. The molecule has 0 aliphatic carbocycles. The Morgan fingerprint density at radius 3 is 2.07 bits per heavy atom. The van der Waals surface area contributed by atoms with Gasteiger partial charge in [-0.2, -0.15) is 8.42 Å². The van der Waals surface area contributed by atoms with Crippen LogP contribution in [0.5, 0.6) is 0 Å². The van der Waals surface area contributed by atoms with Gasteiger partial charge in [0.2, 0.25) is 0 Å². The van der Waals surface area contributed by atoms with E-state index < -0.39 is 15.3 Å². The molecular weight excluding hydrogens is 428 g/mol. The molecule has 1 heterocycles. The number of hydrogen-bond donors (Lipinski definition) is 0. The van der Waals surface area contributed by atoms with E-state index >= 15 is 0 Å². The number of carbonyl (C=O) groups is 1. The zero-order valence-corrected chi connectivity index (χ0v) is 17.4. The third-order valence-electron chi connectivity index (χ3n) is 4.29. The molecule has 8 heteroatoms. The molecule has 29 heavy (non-hydrogen) atoms. The third-order valence-corrected chi connectivity index (χ3v) is 7.13. The van der Waals surface area contributed by atoms with Crippen molar-refractivity contribution in [3.05, 3.63) is 95.5 Å². The van der Waals surface area contributed by atoms with Crippen molar-refractivity contribution in [2.45, 2.75) is 10.1 Å². The van der Waals surface area contributed by atoms with Crippen LogP contribution in [0.1, 0.15) is 10.8 Å². The predicted octanol–water partition coefficient (Wildman–Crippen LogP) is 4.91. The summed E-state index contributed by atoms with van der Waals surface area (Å²) < 4.78 is 29.7. The molecule has 0 N–H and O–H groups in total. The van der Waals surface area contributed by atoms with Gasteiger partial charge in [0.15, 0.2) is 5.17 Å². The van der Waals surface area contributed by atoms with Crippen LogP contribution in [0.25, 0.3) is 0 Å².